The van der Waals surface area contributed by atoms with Gasteiger partial charge in [-0.05, 0) is 25.1 Å². The predicted molar refractivity (Wildman–Crippen MR) is 51.1 cm³/mol. The van der Waals surface area contributed by atoms with E-state index in [-0.39, 0.29) is 12.4 Å². The van der Waals surface area contributed by atoms with Gasteiger partial charge in [0.2, 0.25) is 0 Å². The van der Waals surface area contributed by atoms with E-state index in [0.717, 1.165) is 0 Å². The van der Waals surface area contributed by atoms with Crippen molar-refractivity contribution in [2.75, 3.05) is 12.3 Å². The first-order chi connectivity index (χ1) is 5.97. The first-order valence-electron chi connectivity index (χ1n) is 3.96. The standard InChI is InChI=1S/C9H14N2O2/c1-9(11,5-12)7-4-6(10)2-3-8(7)13/h2-4,12-13H,5,10-11H2,1H3/t9-/m0/s1. The summed E-state index contributed by atoms with van der Waals surface area (Å²) in [5.41, 5.74) is 11.3. The minimum absolute atomic E-state index is 0.0493. The fourth-order valence-corrected chi connectivity index (χ4v) is 1.10. The number of nitrogens with two attached hydrogens (primary N) is 2. The Morgan fingerprint density at radius 1 is 1.46 bits per heavy atom. The third kappa shape index (κ3) is 1.91. The maximum atomic E-state index is 9.46. The van der Waals surface area contributed by atoms with Crippen LogP contribution in [0.3, 0.4) is 0 Å². The van der Waals surface area contributed by atoms with E-state index in [2.05, 4.69) is 0 Å². The van der Waals surface area contributed by atoms with Crippen LogP contribution in [0.1, 0.15) is 12.5 Å². The monoisotopic (exact) mass is 182 g/mol. The van der Waals surface area contributed by atoms with Crippen LogP contribution in [0.25, 0.3) is 0 Å². The van der Waals surface area contributed by atoms with Gasteiger partial charge < -0.3 is 21.7 Å². The molecule has 1 aromatic carbocycles. The summed E-state index contributed by atoms with van der Waals surface area (Å²) in [4.78, 5) is 0. The van der Waals surface area contributed by atoms with E-state index in [1.54, 1.807) is 19.1 Å². The normalized spacial score (nSPS) is 15.3. The van der Waals surface area contributed by atoms with Gasteiger partial charge in [-0.3, -0.25) is 0 Å². The molecule has 0 aliphatic rings. The molecule has 6 N–H and O–H groups in total. The first-order valence-corrected chi connectivity index (χ1v) is 3.96. The number of anilines is 1. The summed E-state index contributed by atoms with van der Waals surface area (Å²) in [6, 6.07) is 4.60. The Bertz CT molecular complexity index is 310. The molecule has 0 aromatic heterocycles. The second-order valence-electron chi connectivity index (χ2n) is 3.35. The molecule has 0 unspecified atom stereocenters. The van der Waals surface area contributed by atoms with Crippen molar-refractivity contribution in [2.45, 2.75) is 12.5 Å². The lowest BCUT2D eigenvalue weighted by Gasteiger charge is -2.23. The number of rotatable bonds is 2. The topological polar surface area (TPSA) is 92.5 Å². The van der Waals surface area contributed by atoms with Crippen molar-refractivity contribution in [2.24, 2.45) is 5.73 Å². The fourth-order valence-electron chi connectivity index (χ4n) is 1.10. The molecule has 72 valence electrons. The van der Waals surface area contributed by atoms with Crippen molar-refractivity contribution in [1.82, 2.24) is 0 Å². The minimum atomic E-state index is -0.959. The van der Waals surface area contributed by atoms with Crippen LogP contribution in [0.2, 0.25) is 0 Å². The summed E-state index contributed by atoms with van der Waals surface area (Å²) >= 11 is 0. The van der Waals surface area contributed by atoms with E-state index < -0.39 is 5.54 Å². The van der Waals surface area contributed by atoms with Gasteiger partial charge >= 0.3 is 0 Å². The molecular weight excluding hydrogens is 168 g/mol. The van der Waals surface area contributed by atoms with Gasteiger partial charge in [0.1, 0.15) is 5.75 Å². The molecule has 0 amide bonds. The average molecular weight is 182 g/mol. The zero-order chi connectivity index (χ0) is 10.1. The SMILES string of the molecule is C[C@](N)(CO)c1cc(N)ccc1O. The Labute approximate surface area is 76.8 Å². The molecule has 0 saturated heterocycles. The van der Waals surface area contributed by atoms with E-state index >= 15 is 0 Å². The molecule has 1 aromatic rings. The maximum absolute atomic E-state index is 9.46. The Morgan fingerprint density at radius 3 is 2.62 bits per heavy atom. The maximum Gasteiger partial charge on any atom is 0.120 e. The van der Waals surface area contributed by atoms with Crippen LogP contribution in [0.5, 0.6) is 5.75 Å². The van der Waals surface area contributed by atoms with Gasteiger partial charge in [0.05, 0.1) is 12.1 Å². The summed E-state index contributed by atoms with van der Waals surface area (Å²) in [7, 11) is 0. The molecule has 0 saturated carbocycles. The molecule has 0 heterocycles. The second-order valence-corrected chi connectivity index (χ2v) is 3.35. The third-order valence-corrected chi connectivity index (χ3v) is 1.96. The van der Waals surface area contributed by atoms with Crippen molar-refractivity contribution >= 4 is 5.69 Å². The molecule has 0 bridgehead atoms. The van der Waals surface area contributed by atoms with Gasteiger partial charge in [-0.25, -0.2) is 0 Å². The highest BCUT2D eigenvalue weighted by Crippen LogP contribution is 2.28. The Balaban J connectivity index is 3.20. The van der Waals surface area contributed by atoms with Crippen LogP contribution < -0.4 is 11.5 Å². The minimum Gasteiger partial charge on any atom is -0.508 e. The van der Waals surface area contributed by atoms with Crippen LogP contribution in [0.15, 0.2) is 18.2 Å². The lowest BCUT2D eigenvalue weighted by Crippen LogP contribution is -2.37. The lowest BCUT2D eigenvalue weighted by molar-refractivity contribution is 0.207. The van der Waals surface area contributed by atoms with Crippen LogP contribution in [-0.2, 0) is 5.54 Å². The van der Waals surface area contributed by atoms with Gasteiger partial charge in [-0.2, -0.15) is 0 Å². The highest BCUT2D eigenvalue weighted by atomic mass is 16.3. The zero-order valence-corrected chi connectivity index (χ0v) is 7.49. The largest absolute Gasteiger partial charge is 0.508 e. The Hall–Kier alpha value is -1.26. The van der Waals surface area contributed by atoms with Gasteiger partial charge in [0, 0.05) is 11.3 Å². The summed E-state index contributed by atoms with van der Waals surface area (Å²) < 4.78 is 0. The Kier molecular flexibility index (Phi) is 2.45. The average Bonchev–Trinajstić information content (AvgIpc) is 2.09. The van der Waals surface area contributed by atoms with Crippen molar-refractivity contribution in [3.05, 3.63) is 23.8 Å². The van der Waals surface area contributed by atoms with Crippen LogP contribution >= 0.6 is 0 Å². The van der Waals surface area contributed by atoms with E-state index in [9.17, 15) is 5.11 Å². The highest BCUT2D eigenvalue weighted by Gasteiger charge is 2.23. The second kappa shape index (κ2) is 3.24. The van der Waals surface area contributed by atoms with Crippen molar-refractivity contribution < 1.29 is 10.2 Å². The molecule has 1 rings (SSSR count). The number of nitrogen functional groups attached to an aromatic ring is 1. The molecule has 0 aliphatic heterocycles. The van der Waals surface area contributed by atoms with E-state index in [0.29, 0.717) is 11.3 Å². The number of phenols is 1. The molecular formula is C9H14N2O2. The van der Waals surface area contributed by atoms with Gasteiger partial charge in [0.15, 0.2) is 0 Å². The van der Waals surface area contributed by atoms with Gasteiger partial charge in [-0.1, -0.05) is 0 Å². The molecule has 1 atom stereocenters. The molecule has 4 nitrogen and oxygen atoms in total. The van der Waals surface area contributed by atoms with Crippen LogP contribution in [0, 0.1) is 0 Å². The number of aliphatic hydroxyl groups excluding tert-OH is 1. The summed E-state index contributed by atoms with van der Waals surface area (Å²) in [5, 5.41) is 18.4. The molecule has 0 radical (unpaired) electrons. The number of aromatic hydroxyl groups is 1. The van der Waals surface area contributed by atoms with E-state index in [4.69, 9.17) is 16.6 Å². The van der Waals surface area contributed by atoms with Crippen molar-refractivity contribution in [3.63, 3.8) is 0 Å². The van der Waals surface area contributed by atoms with Gasteiger partial charge in [0.25, 0.3) is 0 Å². The molecule has 0 fully saturated rings. The molecule has 13 heavy (non-hydrogen) atoms. The summed E-state index contributed by atoms with van der Waals surface area (Å²) in [5.74, 6) is 0.0493. The number of benzene rings is 1. The number of phenolic OH excluding ortho intramolecular Hbond substituents is 1. The van der Waals surface area contributed by atoms with E-state index in [1.807, 2.05) is 0 Å². The number of aliphatic hydroxyl groups is 1. The first kappa shape index (κ1) is 9.83. The van der Waals surface area contributed by atoms with Gasteiger partial charge in [-0.15, -0.1) is 0 Å². The molecule has 0 spiro atoms. The van der Waals surface area contributed by atoms with Crippen LogP contribution in [-0.4, -0.2) is 16.8 Å². The molecule has 4 heteroatoms. The van der Waals surface area contributed by atoms with Crippen LogP contribution in [0.4, 0.5) is 5.69 Å². The Morgan fingerprint density at radius 2 is 2.08 bits per heavy atom. The number of hydrogen-bond donors (Lipinski definition) is 4. The van der Waals surface area contributed by atoms with Crippen molar-refractivity contribution in [1.29, 1.82) is 0 Å². The highest BCUT2D eigenvalue weighted by molar-refractivity contribution is 5.49. The summed E-state index contributed by atoms with van der Waals surface area (Å²) in [6.45, 7) is 1.38. The number of hydrogen-bond acceptors (Lipinski definition) is 4. The zero-order valence-electron chi connectivity index (χ0n) is 7.49. The molecule has 0 aliphatic carbocycles. The predicted octanol–water partition coefficient (Wildman–Crippen LogP) is 0.141. The lowest BCUT2D eigenvalue weighted by atomic mass is 9.93. The third-order valence-electron chi connectivity index (χ3n) is 1.96. The van der Waals surface area contributed by atoms with Crippen molar-refractivity contribution in [3.8, 4) is 5.75 Å². The smallest absolute Gasteiger partial charge is 0.120 e. The van der Waals surface area contributed by atoms with E-state index in [1.165, 1.54) is 6.07 Å². The fraction of sp³-hybridized carbons (Fsp3) is 0.333. The quantitative estimate of drug-likeness (QED) is 0.386. The summed E-state index contributed by atoms with van der Waals surface area (Å²) in [6.07, 6.45) is 0.